The molecule has 0 N–H and O–H groups in total. The topological polar surface area (TPSA) is 54.5 Å². The predicted octanol–water partition coefficient (Wildman–Crippen LogP) is -0.315. The molecule has 4 heteroatoms. The number of likely N-dealkylation sites (tertiary alicyclic amines) is 1. The van der Waals surface area contributed by atoms with Crippen molar-refractivity contribution < 1.29 is 14.4 Å². The zero-order valence-corrected chi connectivity index (χ0v) is 6.37. The van der Waals surface area contributed by atoms with Crippen molar-refractivity contribution >= 4 is 17.7 Å². The van der Waals surface area contributed by atoms with Crippen LogP contribution in [0.4, 0.5) is 0 Å². The van der Waals surface area contributed by atoms with Gasteiger partial charge in [-0.05, 0) is 0 Å². The van der Waals surface area contributed by atoms with Crippen LogP contribution in [0.25, 0.3) is 0 Å². The minimum atomic E-state index is -0.593. The van der Waals surface area contributed by atoms with Crippen LogP contribution >= 0.6 is 0 Å². The van der Waals surface area contributed by atoms with Crippen molar-refractivity contribution in [3.63, 3.8) is 0 Å². The maximum atomic E-state index is 11.0. The van der Waals surface area contributed by atoms with Crippen molar-refractivity contribution in [2.75, 3.05) is 0 Å². The summed E-state index contributed by atoms with van der Waals surface area (Å²) in [5, 5.41) is 0. The zero-order chi connectivity index (χ0) is 9.14. The Bertz CT molecular complexity index is 271. The number of imide groups is 3. The van der Waals surface area contributed by atoms with E-state index < -0.39 is 17.7 Å². The predicted molar refractivity (Wildman–Crippen MR) is 39.5 cm³/mol. The summed E-state index contributed by atoms with van der Waals surface area (Å²) in [7, 11) is 0. The maximum absolute atomic E-state index is 11.0. The second-order valence-electron chi connectivity index (χ2n) is 2.40. The Kier molecular flexibility index (Phi) is 2.24. The fraction of sp³-hybridized carbons (Fsp3) is 0.375. The molecule has 0 radical (unpaired) electrons. The molecular formula is C8H7NO3. The molecule has 3 amide bonds. The van der Waals surface area contributed by atoms with E-state index in [1.54, 1.807) is 0 Å². The van der Waals surface area contributed by atoms with Gasteiger partial charge in [-0.2, -0.15) is 0 Å². The van der Waals surface area contributed by atoms with Crippen LogP contribution in [-0.2, 0) is 14.4 Å². The minimum absolute atomic E-state index is 0.120. The van der Waals surface area contributed by atoms with Gasteiger partial charge in [0.25, 0.3) is 0 Å². The van der Waals surface area contributed by atoms with Gasteiger partial charge in [0, 0.05) is 12.8 Å². The van der Waals surface area contributed by atoms with Crippen molar-refractivity contribution in [3.05, 3.63) is 0 Å². The Morgan fingerprint density at radius 3 is 2.33 bits per heavy atom. The summed E-state index contributed by atoms with van der Waals surface area (Å²) >= 11 is 0. The van der Waals surface area contributed by atoms with Crippen LogP contribution < -0.4 is 0 Å². The summed E-state index contributed by atoms with van der Waals surface area (Å²) in [6.07, 6.45) is 4.91. The monoisotopic (exact) mass is 165 g/mol. The van der Waals surface area contributed by atoms with Gasteiger partial charge in [0.2, 0.25) is 17.7 Å². The van der Waals surface area contributed by atoms with Crippen LogP contribution in [0.5, 0.6) is 0 Å². The number of rotatable bonds is 1. The van der Waals surface area contributed by atoms with Gasteiger partial charge >= 0.3 is 0 Å². The number of carbonyl (C=O) groups excluding carboxylic acids is 3. The van der Waals surface area contributed by atoms with Crippen molar-refractivity contribution in [2.24, 2.45) is 0 Å². The van der Waals surface area contributed by atoms with E-state index in [-0.39, 0.29) is 19.3 Å². The number of hydrogen-bond acceptors (Lipinski definition) is 3. The Morgan fingerprint density at radius 2 is 1.92 bits per heavy atom. The highest BCUT2D eigenvalue weighted by Crippen LogP contribution is 2.12. The first-order valence-electron chi connectivity index (χ1n) is 3.49. The van der Waals surface area contributed by atoms with E-state index in [2.05, 4.69) is 5.92 Å². The average Bonchev–Trinajstić information content (AvgIpc) is 2.32. The van der Waals surface area contributed by atoms with Crippen LogP contribution in [-0.4, -0.2) is 22.6 Å². The fourth-order valence-corrected chi connectivity index (χ4v) is 1.02. The lowest BCUT2D eigenvalue weighted by Gasteiger charge is -2.08. The van der Waals surface area contributed by atoms with E-state index in [9.17, 15) is 14.4 Å². The molecule has 0 aromatic heterocycles. The highest BCUT2D eigenvalue weighted by molar-refractivity contribution is 6.15. The maximum Gasteiger partial charge on any atom is 0.248 e. The summed E-state index contributed by atoms with van der Waals surface area (Å²) in [5.74, 6) is 0.609. The third kappa shape index (κ3) is 1.35. The Balaban J connectivity index is 2.74. The second-order valence-corrected chi connectivity index (χ2v) is 2.40. The Morgan fingerprint density at radius 1 is 1.42 bits per heavy atom. The molecule has 0 aromatic carbocycles. The van der Waals surface area contributed by atoms with E-state index in [1.807, 2.05) is 0 Å². The van der Waals surface area contributed by atoms with Crippen molar-refractivity contribution in [2.45, 2.75) is 19.3 Å². The first-order valence-corrected chi connectivity index (χ1v) is 3.49. The first-order chi connectivity index (χ1) is 5.66. The highest BCUT2D eigenvalue weighted by Gasteiger charge is 2.33. The lowest BCUT2D eigenvalue weighted by molar-refractivity contribution is -0.148. The summed E-state index contributed by atoms with van der Waals surface area (Å²) < 4.78 is 0. The molecular weight excluding hydrogens is 158 g/mol. The van der Waals surface area contributed by atoms with Crippen molar-refractivity contribution in [1.82, 2.24) is 4.90 Å². The van der Waals surface area contributed by atoms with E-state index >= 15 is 0 Å². The van der Waals surface area contributed by atoms with E-state index in [4.69, 9.17) is 6.42 Å². The third-order valence-corrected chi connectivity index (χ3v) is 1.55. The van der Waals surface area contributed by atoms with Gasteiger partial charge in [-0.15, -0.1) is 6.42 Å². The molecule has 0 atom stereocenters. The van der Waals surface area contributed by atoms with E-state index in [0.29, 0.717) is 4.90 Å². The van der Waals surface area contributed by atoms with Crippen molar-refractivity contribution in [3.8, 4) is 12.3 Å². The number of carbonyl (C=O) groups is 3. The molecule has 1 aliphatic heterocycles. The van der Waals surface area contributed by atoms with Crippen molar-refractivity contribution in [1.29, 1.82) is 0 Å². The molecule has 0 bridgehead atoms. The molecule has 4 nitrogen and oxygen atoms in total. The molecule has 1 aliphatic rings. The van der Waals surface area contributed by atoms with Crippen LogP contribution in [0.3, 0.4) is 0 Å². The Hall–Kier alpha value is -1.63. The van der Waals surface area contributed by atoms with E-state index in [0.717, 1.165) is 0 Å². The van der Waals surface area contributed by atoms with E-state index in [1.165, 1.54) is 0 Å². The minimum Gasteiger partial charge on any atom is -0.274 e. The summed E-state index contributed by atoms with van der Waals surface area (Å²) in [5.41, 5.74) is 0. The lowest BCUT2D eigenvalue weighted by atomic mass is 10.4. The molecule has 62 valence electrons. The van der Waals surface area contributed by atoms with Gasteiger partial charge in [-0.25, -0.2) is 4.90 Å². The normalized spacial score (nSPS) is 16.4. The first kappa shape index (κ1) is 8.47. The molecule has 1 fully saturated rings. The van der Waals surface area contributed by atoms with Gasteiger partial charge in [0.15, 0.2) is 0 Å². The molecule has 12 heavy (non-hydrogen) atoms. The zero-order valence-electron chi connectivity index (χ0n) is 6.37. The smallest absolute Gasteiger partial charge is 0.248 e. The van der Waals surface area contributed by atoms with Gasteiger partial charge in [-0.3, -0.25) is 14.4 Å². The second kappa shape index (κ2) is 3.18. The van der Waals surface area contributed by atoms with Gasteiger partial charge in [0.1, 0.15) is 0 Å². The summed E-state index contributed by atoms with van der Waals surface area (Å²) in [6, 6.07) is 0. The van der Waals surface area contributed by atoms with Gasteiger partial charge < -0.3 is 0 Å². The summed E-state index contributed by atoms with van der Waals surface area (Å²) in [6.45, 7) is 0. The lowest BCUT2D eigenvalue weighted by Crippen LogP contribution is -2.35. The number of nitrogens with zero attached hydrogens (tertiary/aromatic N) is 1. The molecule has 1 heterocycles. The molecule has 0 saturated carbocycles. The van der Waals surface area contributed by atoms with Crippen LogP contribution in [0.15, 0.2) is 0 Å². The fourth-order valence-electron chi connectivity index (χ4n) is 1.02. The molecule has 0 aliphatic carbocycles. The molecule has 0 spiro atoms. The highest BCUT2D eigenvalue weighted by atomic mass is 16.2. The molecule has 1 rings (SSSR count). The number of hydrogen-bond donors (Lipinski definition) is 0. The van der Waals surface area contributed by atoms with Crippen LogP contribution in [0.1, 0.15) is 19.3 Å². The Labute approximate surface area is 69.5 Å². The van der Waals surface area contributed by atoms with Crippen LogP contribution in [0, 0.1) is 12.3 Å². The SMILES string of the molecule is C#CCC(=O)N1C(=O)CCC1=O. The molecule has 1 saturated heterocycles. The molecule has 0 unspecified atom stereocenters. The largest absolute Gasteiger partial charge is 0.274 e. The van der Waals surface area contributed by atoms with Gasteiger partial charge in [0.05, 0.1) is 6.42 Å². The van der Waals surface area contributed by atoms with Crippen LogP contribution in [0.2, 0.25) is 0 Å². The number of amides is 3. The quantitative estimate of drug-likeness (QED) is 0.395. The standard InChI is InChI=1S/C8H7NO3/c1-2-3-6(10)9-7(11)4-5-8(9)12/h1H,3-5H2. The van der Waals surface area contributed by atoms with Gasteiger partial charge in [-0.1, -0.05) is 5.92 Å². The number of terminal acetylenes is 1. The summed E-state index contributed by atoms with van der Waals surface area (Å²) in [4.78, 5) is 33.5. The molecule has 0 aromatic rings. The average molecular weight is 165 g/mol. The third-order valence-electron chi connectivity index (χ3n) is 1.55.